The van der Waals surface area contributed by atoms with Crippen molar-refractivity contribution in [2.24, 2.45) is 0 Å². The van der Waals surface area contributed by atoms with Gasteiger partial charge in [-0.2, -0.15) is 13.2 Å². The van der Waals surface area contributed by atoms with Gasteiger partial charge >= 0.3 is 6.18 Å². The van der Waals surface area contributed by atoms with Gasteiger partial charge in [0, 0.05) is 42.7 Å². The van der Waals surface area contributed by atoms with Crippen molar-refractivity contribution >= 4 is 11.6 Å². The maximum Gasteiger partial charge on any atom is 0.427 e. The van der Waals surface area contributed by atoms with Crippen LogP contribution in [0.15, 0.2) is 36.2 Å². The minimum Gasteiger partial charge on any atom is -0.381 e. The van der Waals surface area contributed by atoms with Crippen LogP contribution in [0, 0.1) is 0 Å². The van der Waals surface area contributed by atoms with Crippen molar-refractivity contribution in [3.8, 4) is 0 Å². The van der Waals surface area contributed by atoms with E-state index < -0.39 is 12.3 Å². The second-order valence-corrected chi connectivity index (χ2v) is 6.67. The van der Waals surface area contributed by atoms with E-state index in [1.807, 2.05) is 0 Å². The standard InChI is InChI=1S/C17H20ClF3N2O/c1-12-10-22(11-13-2-4-14(18)5-3-13)16(17(19,20)21)23(12)15-6-8-24-9-7-15/h2-5,10,15-16H,6-9,11H2,1H3. The van der Waals surface area contributed by atoms with Crippen LogP contribution in [0.5, 0.6) is 0 Å². The number of benzene rings is 1. The van der Waals surface area contributed by atoms with Gasteiger partial charge in [-0.3, -0.25) is 0 Å². The van der Waals surface area contributed by atoms with Crippen LogP contribution in [0.1, 0.15) is 25.3 Å². The van der Waals surface area contributed by atoms with Crippen LogP contribution >= 0.6 is 11.6 Å². The topological polar surface area (TPSA) is 15.7 Å². The molecule has 1 atom stereocenters. The van der Waals surface area contributed by atoms with Crippen LogP contribution in [-0.2, 0) is 11.3 Å². The zero-order valence-corrected chi connectivity index (χ0v) is 14.1. The van der Waals surface area contributed by atoms with Crippen LogP contribution in [0.4, 0.5) is 13.2 Å². The van der Waals surface area contributed by atoms with Crippen molar-refractivity contribution in [2.45, 2.75) is 44.7 Å². The summed E-state index contributed by atoms with van der Waals surface area (Å²) in [6.07, 6.45) is -3.11. The Balaban J connectivity index is 1.84. The lowest BCUT2D eigenvalue weighted by Crippen LogP contribution is -2.54. The highest BCUT2D eigenvalue weighted by Gasteiger charge is 2.51. The van der Waals surface area contributed by atoms with Gasteiger partial charge < -0.3 is 14.5 Å². The molecule has 0 amide bonds. The monoisotopic (exact) mass is 360 g/mol. The SMILES string of the molecule is CC1=CN(Cc2ccc(Cl)cc2)C(C(F)(F)F)N1C1CCOCC1. The zero-order chi connectivity index (χ0) is 17.3. The molecule has 7 heteroatoms. The first-order chi connectivity index (χ1) is 11.4. The summed E-state index contributed by atoms with van der Waals surface area (Å²) < 4.78 is 46.7. The lowest BCUT2D eigenvalue weighted by Gasteiger charge is -2.41. The van der Waals surface area contributed by atoms with Crippen molar-refractivity contribution in [3.63, 3.8) is 0 Å². The second-order valence-electron chi connectivity index (χ2n) is 6.24. The van der Waals surface area contributed by atoms with E-state index in [0.29, 0.717) is 36.8 Å². The molecule has 0 aromatic heterocycles. The molecule has 1 aromatic carbocycles. The van der Waals surface area contributed by atoms with E-state index in [-0.39, 0.29) is 12.6 Å². The molecule has 2 heterocycles. The van der Waals surface area contributed by atoms with Gasteiger partial charge in [-0.05, 0) is 37.5 Å². The van der Waals surface area contributed by atoms with Crippen molar-refractivity contribution in [2.75, 3.05) is 13.2 Å². The van der Waals surface area contributed by atoms with E-state index >= 15 is 0 Å². The normalized spacial score (nSPS) is 22.9. The number of alkyl halides is 3. The maximum absolute atomic E-state index is 13.8. The molecule has 1 saturated heterocycles. The molecule has 1 unspecified atom stereocenters. The summed E-state index contributed by atoms with van der Waals surface area (Å²) in [6.45, 7) is 2.96. The molecule has 1 aromatic rings. The molecule has 0 bridgehead atoms. The van der Waals surface area contributed by atoms with Crippen LogP contribution in [0.3, 0.4) is 0 Å². The molecule has 2 aliphatic rings. The molecule has 2 aliphatic heterocycles. The molecule has 0 N–H and O–H groups in total. The van der Waals surface area contributed by atoms with Crippen LogP contribution in [0.25, 0.3) is 0 Å². The number of ether oxygens (including phenoxy) is 1. The third-order valence-electron chi connectivity index (χ3n) is 4.49. The maximum atomic E-state index is 13.8. The van der Waals surface area contributed by atoms with Crippen molar-refractivity contribution in [1.82, 2.24) is 9.80 Å². The largest absolute Gasteiger partial charge is 0.427 e. The molecule has 1 fully saturated rings. The Bertz CT molecular complexity index is 597. The number of nitrogens with zero attached hydrogens (tertiary/aromatic N) is 2. The number of allylic oxidation sites excluding steroid dienone is 1. The Labute approximate surface area is 144 Å². The third kappa shape index (κ3) is 3.64. The highest BCUT2D eigenvalue weighted by molar-refractivity contribution is 6.30. The summed E-state index contributed by atoms with van der Waals surface area (Å²) in [5.74, 6) is 0. The highest BCUT2D eigenvalue weighted by atomic mass is 35.5. The van der Waals surface area contributed by atoms with E-state index in [4.69, 9.17) is 16.3 Å². The molecule has 132 valence electrons. The fraction of sp³-hybridized carbons (Fsp3) is 0.529. The Morgan fingerprint density at radius 1 is 1.17 bits per heavy atom. The average molecular weight is 361 g/mol. The molecule has 0 saturated carbocycles. The molecule has 3 rings (SSSR count). The second kappa shape index (κ2) is 6.84. The Morgan fingerprint density at radius 3 is 2.38 bits per heavy atom. The summed E-state index contributed by atoms with van der Waals surface area (Å²) in [5, 5.41) is 0.572. The zero-order valence-electron chi connectivity index (χ0n) is 13.4. The Hall–Kier alpha value is -1.40. The van der Waals surface area contributed by atoms with Crippen LogP contribution in [-0.4, -0.2) is 41.4 Å². The summed E-state index contributed by atoms with van der Waals surface area (Å²) in [4.78, 5) is 2.88. The first-order valence-electron chi connectivity index (χ1n) is 7.97. The number of halogens is 4. The predicted octanol–water partition coefficient (Wildman–Crippen LogP) is 4.39. The number of hydrogen-bond acceptors (Lipinski definition) is 3. The van der Waals surface area contributed by atoms with E-state index in [9.17, 15) is 13.2 Å². The third-order valence-corrected chi connectivity index (χ3v) is 4.74. The van der Waals surface area contributed by atoms with Gasteiger partial charge in [-0.25, -0.2) is 0 Å². The lowest BCUT2D eigenvalue weighted by atomic mass is 10.1. The van der Waals surface area contributed by atoms with Gasteiger partial charge in [0.1, 0.15) is 0 Å². The molecule has 0 spiro atoms. The Kier molecular flexibility index (Phi) is 4.97. The van der Waals surface area contributed by atoms with Crippen molar-refractivity contribution in [3.05, 3.63) is 46.7 Å². The molecular weight excluding hydrogens is 341 g/mol. The van der Waals surface area contributed by atoms with Gasteiger partial charge in [0.15, 0.2) is 0 Å². The summed E-state index contributed by atoms with van der Waals surface area (Å²) in [6, 6.07) is 6.77. The summed E-state index contributed by atoms with van der Waals surface area (Å²) in [7, 11) is 0. The summed E-state index contributed by atoms with van der Waals surface area (Å²) in [5.41, 5.74) is 1.45. The first-order valence-corrected chi connectivity index (χ1v) is 8.35. The van der Waals surface area contributed by atoms with Crippen molar-refractivity contribution in [1.29, 1.82) is 0 Å². The van der Waals surface area contributed by atoms with Crippen LogP contribution < -0.4 is 0 Å². The molecule has 0 radical (unpaired) electrons. The fourth-order valence-electron chi connectivity index (χ4n) is 3.46. The number of rotatable bonds is 3. The highest BCUT2D eigenvalue weighted by Crippen LogP contribution is 2.39. The van der Waals surface area contributed by atoms with Crippen molar-refractivity contribution < 1.29 is 17.9 Å². The van der Waals surface area contributed by atoms with Gasteiger partial charge in [0.05, 0.1) is 0 Å². The molecular formula is C17H20ClF3N2O. The average Bonchev–Trinajstić information content (AvgIpc) is 2.87. The van der Waals surface area contributed by atoms with Crippen LogP contribution in [0.2, 0.25) is 5.02 Å². The van der Waals surface area contributed by atoms with E-state index in [0.717, 1.165) is 5.56 Å². The first kappa shape index (κ1) is 17.4. The quantitative estimate of drug-likeness (QED) is 0.795. The fourth-order valence-corrected chi connectivity index (χ4v) is 3.59. The molecule has 0 aliphatic carbocycles. The predicted molar refractivity (Wildman–Crippen MR) is 86.3 cm³/mol. The molecule has 24 heavy (non-hydrogen) atoms. The Morgan fingerprint density at radius 2 is 1.79 bits per heavy atom. The number of hydrogen-bond donors (Lipinski definition) is 0. The van der Waals surface area contributed by atoms with E-state index in [1.54, 1.807) is 37.4 Å². The van der Waals surface area contributed by atoms with Gasteiger partial charge in [0.25, 0.3) is 0 Å². The minimum atomic E-state index is -4.33. The smallest absolute Gasteiger partial charge is 0.381 e. The van der Waals surface area contributed by atoms with Gasteiger partial charge in [0.2, 0.25) is 6.17 Å². The van der Waals surface area contributed by atoms with Gasteiger partial charge in [-0.15, -0.1) is 0 Å². The van der Waals surface area contributed by atoms with Gasteiger partial charge in [-0.1, -0.05) is 23.7 Å². The van der Waals surface area contributed by atoms with E-state index in [2.05, 4.69) is 0 Å². The summed E-state index contributed by atoms with van der Waals surface area (Å²) >= 11 is 5.85. The lowest BCUT2D eigenvalue weighted by molar-refractivity contribution is -0.214. The molecule has 3 nitrogen and oxygen atoms in total. The van der Waals surface area contributed by atoms with E-state index in [1.165, 1.54) is 9.80 Å². The minimum absolute atomic E-state index is 0.142.